The molecule has 0 radical (unpaired) electrons. The van der Waals surface area contributed by atoms with E-state index in [4.69, 9.17) is 4.74 Å². The number of ether oxygens (including phenoxy) is 1. The molecule has 0 aromatic heterocycles. The molecule has 4 nitrogen and oxygen atoms in total. The molecule has 30 heavy (non-hydrogen) atoms. The van der Waals surface area contributed by atoms with Crippen LogP contribution in [0.15, 0.2) is 60.2 Å². The van der Waals surface area contributed by atoms with Gasteiger partial charge in [-0.15, -0.1) is 0 Å². The molecular formula is C25H31O4P. The van der Waals surface area contributed by atoms with Crippen LogP contribution in [0.25, 0.3) is 6.08 Å². The van der Waals surface area contributed by atoms with Gasteiger partial charge in [-0.3, -0.25) is 9.36 Å². The van der Waals surface area contributed by atoms with Gasteiger partial charge in [-0.1, -0.05) is 74.0 Å². The van der Waals surface area contributed by atoms with Crippen LogP contribution in [0, 0.1) is 5.92 Å². The van der Waals surface area contributed by atoms with E-state index in [9.17, 15) is 14.3 Å². The van der Waals surface area contributed by atoms with Crippen molar-refractivity contribution in [1.29, 1.82) is 0 Å². The fourth-order valence-corrected chi connectivity index (χ4v) is 6.26. The second kappa shape index (κ2) is 9.32. The Kier molecular flexibility index (Phi) is 7.00. The predicted octanol–water partition coefficient (Wildman–Crippen LogP) is 5.83. The van der Waals surface area contributed by atoms with E-state index in [-0.39, 0.29) is 12.1 Å². The van der Waals surface area contributed by atoms with Crippen LogP contribution >= 0.6 is 7.37 Å². The van der Waals surface area contributed by atoms with Crippen LogP contribution < -0.4 is 0 Å². The van der Waals surface area contributed by atoms with Crippen molar-refractivity contribution < 1.29 is 19.0 Å². The van der Waals surface area contributed by atoms with Crippen LogP contribution in [0.2, 0.25) is 0 Å². The number of hydrogen-bond acceptors (Lipinski definition) is 3. The summed E-state index contributed by atoms with van der Waals surface area (Å²) >= 11 is 0. The molecule has 1 N–H and O–H groups in total. The average molecular weight is 426 g/mol. The van der Waals surface area contributed by atoms with Crippen molar-refractivity contribution in [1.82, 2.24) is 0 Å². The van der Waals surface area contributed by atoms with E-state index in [1.54, 1.807) is 6.92 Å². The van der Waals surface area contributed by atoms with Crippen LogP contribution in [0.1, 0.15) is 50.3 Å². The molecule has 0 amide bonds. The zero-order valence-corrected chi connectivity index (χ0v) is 18.9. The van der Waals surface area contributed by atoms with Crippen LogP contribution in [0.4, 0.5) is 0 Å². The van der Waals surface area contributed by atoms with Crippen molar-refractivity contribution >= 4 is 19.4 Å². The maximum Gasteiger partial charge on any atom is 0.312 e. The highest BCUT2D eigenvalue weighted by atomic mass is 31.2. The van der Waals surface area contributed by atoms with Gasteiger partial charge in [-0.05, 0) is 49.0 Å². The first kappa shape index (κ1) is 22.5. The Morgan fingerprint density at radius 3 is 2.53 bits per heavy atom. The normalized spacial score (nSPS) is 21.1. The Balaban J connectivity index is 1.99. The summed E-state index contributed by atoms with van der Waals surface area (Å²) in [7, 11) is -3.71. The third-order valence-electron chi connectivity index (χ3n) is 6.10. The first-order valence-corrected chi connectivity index (χ1v) is 12.5. The van der Waals surface area contributed by atoms with Crippen molar-refractivity contribution in [3.63, 3.8) is 0 Å². The Labute approximate surface area is 179 Å². The Morgan fingerprint density at radius 1 is 1.17 bits per heavy atom. The highest BCUT2D eigenvalue weighted by molar-refractivity contribution is 7.59. The summed E-state index contributed by atoms with van der Waals surface area (Å²) in [5.41, 5.74) is 3.53. The van der Waals surface area contributed by atoms with Gasteiger partial charge >= 0.3 is 5.97 Å². The Hall–Kier alpha value is -2.16. The zero-order valence-electron chi connectivity index (χ0n) is 18.0. The molecule has 5 heteroatoms. The van der Waals surface area contributed by atoms with Gasteiger partial charge in [0.25, 0.3) is 0 Å². The van der Waals surface area contributed by atoms with Crippen LogP contribution in [-0.2, 0) is 26.7 Å². The second-order valence-corrected chi connectivity index (χ2v) is 11.0. The largest absolute Gasteiger partial charge is 0.465 e. The van der Waals surface area contributed by atoms with Crippen molar-refractivity contribution in [2.24, 2.45) is 5.92 Å². The number of rotatable bonds is 8. The second-order valence-electron chi connectivity index (χ2n) is 8.34. The number of unbranched alkanes of at least 4 members (excludes halogenated alkanes) is 1. The average Bonchev–Trinajstić information content (AvgIpc) is 2.73. The first-order valence-electron chi connectivity index (χ1n) is 10.6. The SMILES string of the molecule is CCCCOC(=O)C(C)C1=Cc2ccccc2CC1(C)P(=O)(O)Cc1ccccc1. The molecule has 160 valence electrons. The Morgan fingerprint density at radius 2 is 1.83 bits per heavy atom. The van der Waals surface area contributed by atoms with E-state index in [1.807, 2.05) is 74.5 Å². The minimum atomic E-state index is -3.71. The minimum absolute atomic E-state index is 0.0709. The fraction of sp³-hybridized carbons (Fsp3) is 0.400. The molecule has 0 spiro atoms. The molecule has 3 unspecified atom stereocenters. The van der Waals surface area contributed by atoms with Crippen molar-refractivity contribution in [2.45, 2.75) is 51.4 Å². The maximum absolute atomic E-state index is 13.8. The fourth-order valence-electron chi connectivity index (χ4n) is 4.12. The molecule has 2 aromatic rings. The number of esters is 1. The van der Waals surface area contributed by atoms with Gasteiger partial charge in [0.1, 0.15) is 0 Å². The first-order chi connectivity index (χ1) is 14.3. The van der Waals surface area contributed by atoms with Gasteiger partial charge in [-0.25, -0.2) is 0 Å². The monoisotopic (exact) mass is 426 g/mol. The Bertz CT molecular complexity index is 966. The number of carbonyl (C=O) groups is 1. The van der Waals surface area contributed by atoms with Crippen LogP contribution in [0.5, 0.6) is 0 Å². The molecular weight excluding hydrogens is 395 g/mol. The molecule has 2 aromatic carbocycles. The predicted molar refractivity (Wildman–Crippen MR) is 122 cm³/mol. The highest BCUT2D eigenvalue weighted by Gasteiger charge is 2.50. The maximum atomic E-state index is 13.8. The molecule has 0 heterocycles. The number of carbonyl (C=O) groups excluding carboxylic acids is 1. The lowest BCUT2D eigenvalue weighted by molar-refractivity contribution is -0.146. The van der Waals surface area contributed by atoms with Gasteiger partial charge in [0.15, 0.2) is 0 Å². The summed E-state index contributed by atoms with van der Waals surface area (Å²) in [5, 5.41) is -1.04. The molecule has 1 aliphatic rings. The summed E-state index contributed by atoms with van der Waals surface area (Å²) in [6.07, 6.45) is 4.17. The van der Waals surface area contributed by atoms with Gasteiger partial charge in [0.05, 0.1) is 23.8 Å². The summed E-state index contributed by atoms with van der Waals surface area (Å²) < 4.78 is 19.3. The highest BCUT2D eigenvalue weighted by Crippen LogP contribution is 2.64. The molecule has 0 fully saturated rings. The van der Waals surface area contributed by atoms with E-state index in [0.717, 1.165) is 29.5 Å². The van der Waals surface area contributed by atoms with Crippen molar-refractivity contribution in [3.05, 3.63) is 76.9 Å². The summed E-state index contributed by atoms with van der Waals surface area (Å²) in [6.45, 7) is 6.03. The number of fused-ring (bicyclic) bond motifs is 1. The summed E-state index contributed by atoms with van der Waals surface area (Å²) in [5.74, 6) is -0.920. The summed E-state index contributed by atoms with van der Waals surface area (Å²) in [4.78, 5) is 24.1. The van der Waals surface area contributed by atoms with Gasteiger partial charge in [0.2, 0.25) is 7.37 Å². The lowest BCUT2D eigenvalue weighted by Gasteiger charge is -2.41. The molecule has 0 bridgehead atoms. The number of hydrogen-bond donors (Lipinski definition) is 1. The molecule has 3 rings (SSSR count). The third kappa shape index (κ3) is 4.61. The molecule has 0 saturated heterocycles. The van der Waals surface area contributed by atoms with E-state index >= 15 is 0 Å². The standard InChI is InChI=1S/C25H31O4P/c1-4-5-15-29-24(26)19(2)23-16-21-13-9-10-14-22(21)17-25(23,3)30(27,28)18-20-11-7-6-8-12-20/h6-14,16,19H,4-5,15,17-18H2,1-3H3,(H,27,28). The minimum Gasteiger partial charge on any atom is -0.465 e. The molecule has 0 aliphatic heterocycles. The van der Waals surface area contributed by atoms with E-state index in [2.05, 4.69) is 0 Å². The molecule has 3 atom stereocenters. The number of benzene rings is 2. The van der Waals surface area contributed by atoms with Crippen LogP contribution in [-0.4, -0.2) is 22.6 Å². The smallest absolute Gasteiger partial charge is 0.312 e. The van der Waals surface area contributed by atoms with E-state index in [1.165, 1.54) is 0 Å². The molecule has 1 aliphatic carbocycles. The lowest BCUT2D eigenvalue weighted by atomic mass is 9.78. The third-order valence-corrected chi connectivity index (χ3v) is 8.85. The molecule has 0 saturated carbocycles. The lowest BCUT2D eigenvalue weighted by Crippen LogP contribution is -2.38. The van der Waals surface area contributed by atoms with E-state index in [0.29, 0.717) is 18.6 Å². The van der Waals surface area contributed by atoms with Gasteiger partial charge < -0.3 is 9.63 Å². The van der Waals surface area contributed by atoms with Crippen molar-refractivity contribution in [2.75, 3.05) is 6.61 Å². The summed E-state index contributed by atoms with van der Waals surface area (Å²) in [6, 6.07) is 17.3. The van der Waals surface area contributed by atoms with Gasteiger partial charge in [-0.2, -0.15) is 0 Å². The van der Waals surface area contributed by atoms with Crippen LogP contribution in [0.3, 0.4) is 0 Å². The van der Waals surface area contributed by atoms with Gasteiger partial charge in [0, 0.05) is 0 Å². The van der Waals surface area contributed by atoms with E-state index < -0.39 is 18.4 Å². The van der Waals surface area contributed by atoms with Crippen molar-refractivity contribution in [3.8, 4) is 0 Å². The zero-order chi connectivity index (χ0) is 21.8. The quantitative estimate of drug-likeness (QED) is 0.327. The topological polar surface area (TPSA) is 63.6 Å².